The molecule has 0 aliphatic carbocycles. The van der Waals surface area contributed by atoms with Crippen LogP contribution < -0.4 is 5.56 Å². The summed E-state index contributed by atoms with van der Waals surface area (Å²) in [6, 6.07) is 25.8. The fraction of sp³-hybridized carbons (Fsp3) is 0.226. The molecular formula is C31H29N5O. The summed E-state index contributed by atoms with van der Waals surface area (Å²) in [7, 11) is 1.93. The second kappa shape index (κ2) is 10.2. The van der Waals surface area contributed by atoms with E-state index in [1.807, 2.05) is 91.3 Å². The summed E-state index contributed by atoms with van der Waals surface area (Å²) in [5.74, 6) is 1.21. The number of unbranched alkanes of at least 4 members (excludes halogenated alkanes) is 1. The van der Waals surface area contributed by atoms with E-state index in [1.54, 1.807) is 4.57 Å². The van der Waals surface area contributed by atoms with Crippen LogP contribution in [0.4, 0.5) is 0 Å². The van der Waals surface area contributed by atoms with Crippen molar-refractivity contribution in [2.24, 2.45) is 7.05 Å². The maximum Gasteiger partial charge on any atom is 0.264 e. The van der Waals surface area contributed by atoms with Gasteiger partial charge in [0.2, 0.25) is 5.95 Å². The van der Waals surface area contributed by atoms with Crippen LogP contribution in [0.3, 0.4) is 0 Å². The first-order valence-electron chi connectivity index (χ1n) is 12.6. The third-order valence-corrected chi connectivity index (χ3v) is 6.85. The molecule has 0 amide bonds. The molecule has 3 aromatic carbocycles. The highest BCUT2D eigenvalue weighted by Crippen LogP contribution is 2.25. The molecule has 6 nitrogen and oxygen atoms in total. The first-order valence-corrected chi connectivity index (χ1v) is 12.6. The van der Waals surface area contributed by atoms with E-state index in [9.17, 15) is 10.1 Å². The topological polar surface area (TPSA) is 76.5 Å². The molecular weight excluding hydrogens is 458 g/mol. The van der Waals surface area contributed by atoms with Crippen molar-refractivity contribution in [1.29, 1.82) is 5.26 Å². The Morgan fingerprint density at radius 1 is 0.946 bits per heavy atom. The van der Waals surface area contributed by atoms with Gasteiger partial charge in [0, 0.05) is 19.0 Å². The van der Waals surface area contributed by atoms with Crippen molar-refractivity contribution in [3.05, 3.63) is 111 Å². The van der Waals surface area contributed by atoms with Crippen LogP contribution in [-0.2, 0) is 19.9 Å². The molecule has 0 saturated heterocycles. The van der Waals surface area contributed by atoms with E-state index in [0.29, 0.717) is 29.3 Å². The predicted octanol–water partition coefficient (Wildman–Crippen LogP) is 5.90. The molecule has 5 aromatic rings. The number of benzene rings is 3. The van der Waals surface area contributed by atoms with Gasteiger partial charge in [-0.15, -0.1) is 0 Å². The number of nitrogens with zero attached hydrogens (tertiary/aromatic N) is 5. The molecule has 0 unspecified atom stereocenters. The summed E-state index contributed by atoms with van der Waals surface area (Å²) < 4.78 is 3.59. The zero-order valence-electron chi connectivity index (χ0n) is 21.4. The van der Waals surface area contributed by atoms with Crippen molar-refractivity contribution in [2.75, 3.05) is 0 Å². The number of hydrogen-bond acceptors (Lipinski definition) is 4. The molecule has 0 radical (unpaired) electrons. The molecule has 6 heteroatoms. The minimum absolute atomic E-state index is 0.0732. The van der Waals surface area contributed by atoms with Crippen LogP contribution in [0.25, 0.3) is 28.1 Å². The summed E-state index contributed by atoms with van der Waals surface area (Å²) in [6.07, 6.45) is 3.24. The Labute approximate surface area is 216 Å². The Morgan fingerprint density at radius 2 is 1.68 bits per heavy atom. The average Bonchev–Trinajstić information content (AvgIpc) is 3.25. The van der Waals surface area contributed by atoms with E-state index in [0.717, 1.165) is 52.7 Å². The Balaban J connectivity index is 1.58. The minimum Gasteiger partial charge on any atom is -0.313 e. The van der Waals surface area contributed by atoms with Gasteiger partial charge in [0.1, 0.15) is 5.82 Å². The molecule has 0 fully saturated rings. The SMILES string of the molecule is CCCCc1nc(C)n(-c2nc3ccccc3n2C)c(=O)c1Cc1ccc(-c2ccccc2C#N)cc1. The summed E-state index contributed by atoms with van der Waals surface area (Å²) in [4.78, 5) is 23.7. The molecule has 0 bridgehead atoms. The van der Waals surface area contributed by atoms with Gasteiger partial charge >= 0.3 is 0 Å². The molecule has 5 rings (SSSR count). The zero-order valence-corrected chi connectivity index (χ0v) is 21.4. The molecule has 184 valence electrons. The summed E-state index contributed by atoms with van der Waals surface area (Å²) >= 11 is 0. The first kappa shape index (κ1) is 24.2. The second-order valence-corrected chi connectivity index (χ2v) is 9.32. The normalized spacial score (nSPS) is 11.1. The number of imidazole rings is 1. The van der Waals surface area contributed by atoms with E-state index >= 15 is 0 Å². The van der Waals surface area contributed by atoms with Gasteiger partial charge in [-0.05, 0) is 54.7 Å². The van der Waals surface area contributed by atoms with Gasteiger partial charge in [-0.1, -0.05) is 67.9 Å². The highest BCUT2D eigenvalue weighted by molar-refractivity contribution is 5.77. The fourth-order valence-electron chi connectivity index (χ4n) is 4.85. The number of aryl methyl sites for hydroxylation is 3. The fourth-order valence-corrected chi connectivity index (χ4v) is 4.85. The van der Waals surface area contributed by atoms with Gasteiger partial charge in [-0.2, -0.15) is 5.26 Å². The van der Waals surface area contributed by atoms with Gasteiger partial charge in [0.25, 0.3) is 5.56 Å². The van der Waals surface area contributed by atoms with Crippen molar-refractivity contribution in [3.63, 3.8) is 0 Å². The molecule has 0 atom stereocenters. The van der Waals surface area contributed by atoms with Gasteiger partial charge in [-0.25, -0.2) is 14.5 Å². The first-order chi connectivity index (χ1) is 18.0. The standard InChI is InChI=1S/C31H29N5O/c1-4-5-12-27-26(19-22-15-17-23(18-16-22)25-11-7-6-10-24(25)20-32)30(37)36(21(2)33-27)31-34-28-13-8-9-14-29(28)35(31)3/h6-11,13-18H,4-5,12,19H2,1-3H3. The lowest BCUT2D eigenvalue weighted by atomic mass is 9.97. The maximum atomic E-state index is 14.0. The second-order valence-electron chi connectivity index (χ2n) is 9.32. The van der Waals surface area contributed by atoms with Crippen LogP contribution in [0.5, 0.6) is 0 Å². The van der Waals surface area contributed by atoms with E-state index in [-0.39, 0.29) is 5.56 Å². The summed E-state index contributed by atoms with van der Waals surface area (Å²) in [5.41, 5.74) is 6.85. The number of para-hydroxylation sites is 2. The van der Waals surface area contributed by atoms with Crippen molar-refractivity contribution in [1.82, 2.24) is 19.1 Å². The Kier molecular flexibility index (Phi) is 6.70. The van der Waals surface area contributed by atoms with Gasteiger partial charge in [0.05, 0.1) is 28.4 Å². The average molecular weight is 488 g/mol. The van der Waals surface area contributed by atoms with Crippen LogP contribution in [-0.4, -0.2) is 19.1 Å². The lowest BCUT2D eigenvalue weighted by molar-refractivity contribution is 0.709. The molecule has 37 heavy (non-hydrogen) atoms. The van der Waals surface area contributed by atoms with Crippen molar-refractivity contribution in [2.45, 2.75) is 39.5 Å². The van der Waals surface area contributed by atoms with Gasteiger partial charge in [-0.3, -0.25) is 4.79 Å². The molecule has 0 aliphatic heterocycles. The van der Waals surface area contributed by atoms with Crippen LogP contribution >= 0.6 is 0 Å². The zero-order chi connectivity index (χ0) is 25.9. The quantitative estimate of drug-likeness (QED) is 0.286. The third kappa shape index (κ3) is 4.56. The van der Waals surface area contributed by atoms with E-state index in [2.05, 4.69) is 13.0 Å². The predicted molar refractivity (Wildman–Crippen MR) is 147 cm³/mol. The van der Waals surface area contributed by atoms with Crippen LogP contribution in [0.15, 0.2) is 77.6 Å². The minimum atomic E-state index is -0.0732. The van der Waals surface area contributed by atoms with Gasteiger partial charge < -0.3 is 4.57 Å². The van der Waals surface area contributed by atoms with Crippen molar-refractivity contribution in [3.8, 4) is 23.1 Å². The van der Waals surface area contributed by atoms with Crippen molar-refractivity contribution < 1.29 is 0 Å². The molecule has 2 heterocycles. The Morgan fingerprint density at radius 3 is 2.41 bits per heavy atom. The molecule has 0 aliphatic rings. The third-order valence-electron chi connectivity index (χ3n) is 6.85. The molecule has 0 spiro atoms. The van der Waals surface area contributed by atoms with Crippen molar-refractivity contribution >= 4 is 11.0 Å². The Hall–Kier alpha value is -4.50. The molecule has 0 saturated carbocycles. The molecule has 2 aromatic heterocycles. The Bertz CT molecular complexity index is 1690. The maximum absolute atomic E-state index is 14.0. The lowest BCUT2D eigenvalue weighted by Crippen LogP contribution is -2.30. The molecule has 0 N–H and O–H groups in total. The number of hydrogen-bond donors (Lipinski definition) is 0. The van der Waals surface area contributed by atoms with E-state index in [1.165, 1.54) is 0 Å². The van der Waals surface area contributed by atoms with Crippen LogP contribution in [0.1, 0.15) is 48.0 Å². The van der Waals surface area contributed by atoms with E-state index in [4.69, 9.17) is 9.97 Å². The number of rotatable bonds is 7. The van der Waals surface area contributed by atoms with Crippen LogP contribution in [0, 0.1) is 18.3 Å². The smallest absolute Gasteiger partial charge is 0.264 e. The highest BCUT2D eigenvalue weighted by atomic mass is 16.1. The summed E-state index contributed by atoms with van der Waals surface area (Å²) in [5, 5.41) is 9.47. The number of fused-ring (bicyclic) bond motifs is 1. The largest absolute Gasteiger partial charge is 0.313 e. The van der Waals surface area contributed by atoms with E-state index < -0.39 is 0 Å². The summed E-state index contributed by atoms with van der Waals surface area (Å²) in [6.45, 7) is 4.02. The highest BCUT2D eigenvalue weighted by Gasteiger charge is 2.20. The monoisotopic (exact) mass is 487 g/mol. The van der Waals surface area contributed by atoms with Crippen LogP contribution in [0.2, 0.25) is 0 Å². The number of aromatic nitrogens is 4. The lowest BCUT2D eigenvalue weighted by Gasteiger charge is -2.15. The van der Waals surface area contributed by atoms with Gasteiger partial charge in [0.15, 0.2) is 0 Å². The number of nitriles is 1.